The number of carbonyl (C=O) groups excluding carboxylic acids is 1. The highest BCUT2D eigenvalue weighted by molar-refractivity contribution is 6.25. The van der Waals surface area contributed by atoms with Crippen molar-refractivity contribution in [1.29, 1.82) is 0 Å². The number of likely N-dealkylation sites (tertiary alicyclic amines) is 1. The van der Waals surface area contributed by atoms with Gasteiger partial charge in [0.2, 0.25) is 0 Å². The first-order valence-corrected chi connectivity index (χ1v) is 7.63. The van der Waals surface area contributed by atoms with Crippen LogP contribution in [0.15, 0.2) is 11.6 Å². The SMILES string of the molecule is CCC1(OC/C=C/Cl)CCN(C(=O)OC(C)(C)C)CC1. The lowest BCUT2D eigenvalue weighted by atomic mass is 9.88. The quantitative estimate of drug-likeness (QED) is 0.789. The molecule has 1 rings (SSSR count). The predicted molar refractivity (Wildman–Crippen MR) is 81.0 cm³/mol. The van der Waals surface area contributed by atoms with E-state index in [1.807, 2.05) is 20.8 Å². The van der Waals surface area contributed by atoms with Crippen LogP contribution >= 0.6 is 11.6 Å². The van der Waals surface area contributed by atoms with Gasteiger partial charge < -0.3 is 14.4 Å². The average Bonchev–Trinajstić information content (AvgIpc) is 2.38. The number of amides is 1. The van der Waals surface area contributed by atoms with Gasteiger partial charge in [0.25, 0.3) is 0 Å². The van der Waals surface area contributed by atoms with E-state index in [-0.39, 0.29) is 11.7 Å². The van der Waals surface area contributed by atoms with Gasteiger partial charge in [0, 0.05) is 18.6 Å². The van der Waals surface area contributed by atoms with Gasteiger partial charge in [-0.3, -0.25) is 0 Å². The van der Waals surface area contributed by atoms with E-state index < -0.39 is 5.60 Å². The van der Waals surface area contributed by atoms with Crippen LogP contribution < -0.4 is 0 Å². The molecule has 0 aliphatic carbocycles. The third-order valence-corrected chi connectivity index (χ3v) is 3.72. The van der Waals surface area contributed by atoms with Gasteiger partial charge in [-0.05, 0) is 46.1 Å². The van der Waals surface area contributed by atoms with Gasteiger partial charge in [0.15, 0.2) is 0 Å². The van der Waals surface area contributed by atoms with Crippen LogP contribution in [0.5, 0.6) is 0 Å². The number of carbonyl (C=O) groups is 1. The molecule has 0 atom stereocenters. The fraction of sp³-hybridized carbons (Fsp3) is 0.800. The minimum Gasteiger partial charge on any atom is -0.444 e. The van der Waals surface area contributed by atoms with Crippen molar-refractivity contribution in [2.45, 2.75) is 58.2 Å². The predicted octanol–water partition coefficient (Wildman–Crippen LogP) is 3.94. The molecule has 0 bridgehead atoms. The summed E-state index contributed by atoms with van der Waals surface area (Å²) in [4.78, 5) is 13.8. The molecule has 0 saturated carbocycles. The molecule has 0 unspecified atom stereocenters. The lowest BCUT2D eigenvalue weighted by Crippen LogP contribution is -2.49. The normalized spacial score (nSPS) is 19.4. The van der Waals surface area contributed by atoms with Crippen molar-refractivity contribution in [2.24, 2.45) is 0 Å². The van der Waals surface area contributed by atoms with E-state index in [9.17, 15) is 4.79 Å². The molecule has 0 radical (unpaired) electrons. The number of ether oxygens (including phenoxy) is 2. The summed E-state index contributed by atoms with van der Waals surface area (Å²) in [6.45, 7) is 9.63. The Morgan fingerprint density at radius 3 is 2.40 bits per heavy atom. The molecule has 1 heterocycles. The van der Waals surface area contributed by atoms with Gasteiger partial charge in [0.05, 0.1) is 12.2 Å². The number of halogens is 1. The Morgan fingerprint density at radius 1 is 1.35 bits per heavy atom. The van der Waals surface area contributed by atoms with E-state index >= 15 is 0 Å². The highest BCUT2D eigenvalue weighted by Gasteiger charge is 2.36. The summed E-state index contributed by atoms with van der Waals surface area (Å²) in [5.41, 5.74) is 0.881. The molecular formula is C15H26ClNO3. The van der Waals surface area contributed by atoms with Crippen LogP contribution in [0.3, 0.4) is 0 Å². The lowest BCUT2D eigenvalue weighted by Gasteiger charge is -2.41. The first-order chi connectivity index (χ1) is 9.32. The monoisotopic (exact) mass is 303 g/mol. The second kappa shape index (κ2) is 7.32. The molecule has 1 aliphatic heterocycles. The van der Waals surface area contributed by atoms with Crippen molar-refractivity contribution >= 4 is 17.7 Å². The minimum absolute atomic E-state index is 0.144. The summed E-state index contributed by atoms with van der Waals surface area (Å²) in [5.74, 6) is 0. The standard InChI is InChI=1S/C15H26ClNO3/c1-5-15(19-12-6-9-16)7-10-17(11-8-15)13(18)20-14(2,3)4/h6,9H,5,7-8,10-12H2,1-4H3/b9-6+. The second-order valence-electron chi connectivity index (χ2n) is 6.18. The molecule has 1 aliphatic rings. The zero-order valence-corrected chi connectivity index (χ0v) is 13.7. The molecule has 20 heavy (non-hydrogen) atoms. The maximum Gasteiger partial charge on any atom is 0.410 e. The van der Waals surface area contributed by atoms with E-state index in [2.05, 4.69) is 6.92 Å². The molecule has 1 amide bonds. The third kappa shape index (κ3) is 5.33. The van der Waals surface area contributed by atoms with Crippen molar-refractivity contribution in [3.8, 4) is 0 Å². The Morgan fingerprint density at radius 2 is 1.95 bits per heavy atom. The number of nitrogens with zero attached hydrogens (tertiary/aromatic N) is 1. The van der Waals surface area contributed by atoms with Gasteiger partial charge >= 0.3 is 6.09 Å². The highest BCUT2D eigenvalue weighted by atomic mass is 35.5. The molecule has 0 aromatic rings. The smallest absolute Gasteiger partial charge is 0.410 e. The Labute approximate surface area is 127 Å². The average molecular weight is 304 g/mol. The molecule has 0 aromatic heterocycles. The van der Waals surface area contributed by atoms with Crippen LogP contribution in [-0.2, 0) is 9.47 Å². The molecule has 0 N–H and O–H groups in total. The van der Waals surface area contributed by atoms with Crippen molar-refractivity contribution in [2.75, 3.05) is 19.7 Å². The van der Waals surface area contributed by atoms with Crippen LogP contribution in [-0.4, -0.2) is 41.9 Å². The van der Waals surface area contributed by atoms with Crippen LogP contribution in [0.1, 0.15) is 47.0 Å². The summed E-state index contributed by atoms with van der Waals surface area (Å²) in [6, 6.07) is 0. The van der Waals surface area contributed by atoms with Gasteiger partial charge in [-0.1, -0.05) is 18.5 Å². The van der Waals surface area contributed by atoms with E-state index in [4.69, 9.17) is 21.1 Å². The van der Waals surface area contributed by atoms with Gasteiger partial charge in [-0.25, -0.2) is 4.79 Å². The number of piperidine rings is 1. The molecule has 1 saturated heterocycles. The Bertz CT molecular complexity index is 342. The molecule has 5 heteroatoms. The summed E-state index contributed by atoms with van der Waals surface area (Å²) in [5, 5.41) is 0. The molecule has 116 valence electrons. The summed E-state index contributed by atoms with van der Waals surface area (Å²) < 4.78 is 11.3. The van der Waals surface area contributed by atoms with Crippen LogP contribution in [0, 0.1) is 0 Å². The van der Waals surface area contributed by atoms with E-state index in [0.29, 0.717) is 19.7 Å². The topological polar surface area (TPSA) is 38.8 Å². The van der Waals surface area contributed by atoms with Crippen LogP contribution in [0.4, 0.5) is 4.79 Å². The van der Waals surface area contributed by atoms with Crippen LogP contribution in [0.2, 0.25) is 0 Å². The molecule has 1 fully saturated rings. The second-order valence-corrected chi connectivity index (χ2v) is 6.43. The largest absolute Gasteiger partial charge is 0.444 e. The van der Waals surface area contributed by atoms with E-state index in [0.717, 1.165) is 19.3 Å². The molecule has 4 nitrogen and oxygen atoms in total. The minimum atomic E-state index is -0.446. The van der Waals surface area contributed by atoms with Gasteiger partial charge in [-0.15, -0.1) is 0 Å². The molecular weight excluding hydrogens is 278 g/mol. The fourth-order valence-electron chi connectivity index (χ4n) is 2.28. The van der Waals surface area contributed by atoms with E-state index in [1.54, 1.807) is 11.0 Å². The Kier molecular flexibility index (Phi) is 6.34. The van der Waals surface area contributed by atoms with Crippen molar-refractivity contribution < 1.29 is 14.3 Å². The summed E-state index contributed by atoms with van der Waals surface area (Å²) in [7, 11) is 0. The zero-order valence-electron chi connectivity index (χ0n) is 12.9. The Hall–Kier alpha value is -0.740. The first-order valence-electron chi connectivity index (χ1n) is 7.19. The first kappa shape index (κ1) is 17.3. The summed E-state index contributed by atoms with van der Waals surface area (Å²) in [6.07, 6.45) is 4.16. The number of hydrogen-bond acceptors (Lipinski definition) is 3. The highest BCUT2D eigenvalue weighted by Crippen LogP contribution is 2.30. The van der Waals surface area contributed by atoms with Gasteiger partial charge in [-0.2, -0.15) is 0 Å². The number of hydrogen-bond donors (Lipinski definition) is 0. The lowest BCUT2D eigenvalue weighted by molar-refractivity contribution is -0.0764. The van der Waals surface area contributed by atoms with Crippen molar-refractivity contribution in [1.82, 2.24) is 4.90 Å². The maximum atomic E-state index is 12.0. The van der Waals surface area contributed by atoms with E-state index in [1.165, 1.54) is 5.54 Å². The zero-order chi connectivity index (χ0) is 15.2. The molecule has 0 spiro atoms. The Balaban J connectivity index is 2.50. The van der Waals surface area contributed by atoms with Crippen molar-refractivity contribution in [3.05, 3.63) is 11.6 Å². The fourth-order valence-corrected chi connectivity index (χ4v) is 2.36. The third-order valence-electron chi connectivity index (χ3n) is 3.55. The maximum absolute atomic E-state index is 12.0. The number of rotatable bonds is 4. The molecule has 0 aromatic carbocycles. The summed E-state index contributed by atoms with van der Waals surface area (Å²) >= 11 is 5.50. The van der Waals surface area contributed by atoms with Gasteiger partial charge in [0.1, 0.15) is 5.60 Å². The van der Waals surface area contributed by atoms with Crippen LogP contribution in [0.25, 0.3) is 0 Å². The van der Waals surface area contributed by atoms with Crippen molar-refractivity contribution in [3.63, 3.8) is 0 Å².